The molecule has 0 radical (unpaired) electrons. The molecule has 0 saturated carbocycles. The Bertz CT molecular complexity index is 1010. The fraction of sp³-hybridized carbons (Fsp3) is 0.346. The Morgan fingerprint density at radius 1 is 1.32 bits per heavy atom. The van der Waals surface area contributed by atoms with Crippen molar-refractivity contribution in [1.82, 2.24) is 0 Å². The predicted octanol–water partition coefficient (Wildman–Crippen LogP) is 5.47. The summed E-state index contributed by atoms with van der Waals surface area (Å²) < 4.78 is 32.2. The van der Waals surface area contributed by atoms with E-state index in [2.05, 4.69) is 6.58 Å². The molecule has 2 aromatic rings. The predicted molar refractivity (Wildman–Crippen MR) is 117 cm³/mol. The molecule has 1 aliphatic carbocycles. The summed E-state index contributed by atoms with van der Waals surface area (Å²) in [5, 5.41) is 0. The van der Waals surface area contributed by atoms with Crippen LogP contribution < -0.4 is 4.74 Å². The average Bonchev–Trinajstić information content (AvgIpc) is 3.19. The number of methoxy groups -OCH3 is 1. The Morgan fingerprint density at radius 2 is 2.10 bits per heavy atom. The van der Waals surface area contributed by atoms with Crippen LogP contribution in [0, 0.1) is 17.7 Å². The molecule has 162 valence electrons. The van der Waals surface area contributed by atoms with Crippen LogP contribution in [0.15, 0.2) is 67.0 Å². The molecular weight excluding hydrogens is 395 g/mol. The van der Waals surface area contributed by atoms with Gasteiger partial charge in [-0.3, -0.25) is 4.79 Å². The number of halogens is 1. The average molecular weight is 422 g/mol. The van der Waals surface area contributed by atoms with Gasteiger partial charge in [0.05, 0.1) is 7.11 Å². The van der Waals surface area contributed by atoms with Crippen molar-refractivity contribution in [1.29, 1.82) is 0 Å². The summed E-state index contributed by atoms with van der Waals surface area (Å²) in [5.41, 5.74) is 1.64. The number of rotatable bonds is 7. The maximum absolute atomic E-state index is 15.0. The molecule has 5 heteroatoms. The molecule has 31 heavy (non-hydrogen) atoms. The smallest absolute Gasteiger partial charge is 0.189 e. The van der Waals surface area contributed by atoms with E-state index in [4.69, 9.17) is 14.2 Å². The first-order valence-corrected chi connectivity index (χ1v) is 10.5. The fourth-order valence-corrected chi connectivity index (χ4v) is 4.68. The second kappa shape index (κ2) is 8.67. The van der Waals surface area contributed by atoms with Crippen LogP contribution in [-0.4, -0.2) is 25.3 Å². The van der Waals surface area contributed by atoms with Gasteiger partial charge in [0.15, 0.2) is 12.6 Å². The van der Waals surface area contributed by atoms with Crippen LogP contribution in [0.2, 0.25) is 0 Å². The van der Waals surface area contributed by atoms with E-state index in [0.717, 1.165) is 11.1 Å². The van der Waals surface area contributed by atoms with Crippen molar-refractivity contribution in [3.63, 3.8) is 0 Å². The first-order valence-electron chi connectivity index (χ1n) is 10.5. The quantitative estimate of drug-likeness (QED) is 0.555. The molecule has 4 rings (SSSR count). The highest BCUT2D eigenvalue weighted by molar-refractivity contribution is 5.93. The number of hydrogen-bond donors (Lipinski definition) is 0. The summed E-state index contributed by atoms with van der Waals surface area (Å²) in [6, 6.07) is 13.1. The molecule has 1 saturated heterocycles. The van der Waals surface area contributed by atoms with Crippen molar-refractivity contribution in [2.45, 2.75) is 31.8 Å². The largest absolute Gasteiger partial charge is 0.496 e. The number of ketones is 1. The molecule has 0 N–H and O–H groups in total. The molecule has 1 heterocycles. The van der Waals surface area contributed by atoms with E-state index in [-0.39, 0.29) is 30.2 Å². The van der Waals surface area contributed by atoms with Gasteiger partial charge in [0.2, 0.25) is 0 Å². The van der Waals surface area contributed by atoms with Crippen molar-refractivity contribution in [2.24, 2.45) is 11.8 Å². The molecule has 0 unspecified atom stereocenters. The molecule has 3 atom stereocenters. The van der Waals surface area contributed by atoms with Gasteiger partial charge in [-0.15, -0.1) is 6.58 Å². The Kier molecular flexibility index (Phi) is 5.96. The molecule has 2 aliphatic rings. The van der Waals surface area contributed by atoms with Gasteiger partial charge in [0.1, 0.15) is 22.9 Å². The number of carbonyl (C=O) groups excluding carboxylic acids is 1. The van der Waals surface area contributed by atoms with Crippen LogP contribution in [-0.2, 0) is 20.7 Å². The maximum Gasteiger partial charge on any atom is 0.189 e. The summed E-state index contributed by atoms with van der Waals surface area (Å²) in [7, 11) is 1.54. The van der Waals surface area contributed by atoms with E-state index in [1.165, 1.54) is 6.07 Å². The van der Waals surface area contributed by atoms with Gasteiger partial charge >= 0.3 is 0 Å². The SMILES string of the molecule is C=CC[C@H]1C[C@]2([C@@H](C)Cc3cc(-c4ccccc4)c(OC)cc3F)OCOC2=CC1=O. The zero-order valence-corrected chi connectivity index (χ0v) is 17.9. The van der Waals surface area contributed by atoms with Crippen molar-refractivity contribution in [3.8, 4) is 16.9 Å². The summed E-state index contributed by atoms with van der Waals surface area (Å²) in [5.74, 6) is 0.458. The number of carbonyl (C=O) groups is 1. The molecule has 4 nitrogen and oxygen atoms in total. The number of ether oxygens (including phenoxy) is 3. The zero-order valence-electron chi connectivity index (χ0n) is 17.9. The molecule has 0 spiro atoms. The minimum atomic E-state index is -0.735. The van der Waals surface area contributed by atoms with Crippen molar-refractivity contribution in [3.05, 3.63) is 78.3 Å². The van der Waals surface area contributed by atoms with Crippen molar-refractivity contribution < 1.29 is 23.4 Å². The molecular formula is C26H27FO4. The lowest BCUT2D eigenvalue weighted by atomic mass is 9.71. The van der Waals surface area contributed by atoms with Crippen molar-refractivity contribution in [2.75, 3.05) is 13.9 Å². The van der Waals surface area contributed by atoms with Crippen LogP contribution >= 0.6 is 0 Å². The second-order valence-electron chi connectivity index (χ2n) is 8.25. The van der Waals surface area contributed by atoms with E-state index in [9.17, 15) is 4.79 Å². The number of allylic oxidation sites excluding steroid dienone is 2. The van der Waals surface area contributed by atoms with Gasteiger partial charge in [0, 0.05) is 23.6 Å². The second-order valence-corrected chi connectivity index (χ2v) is 8.25. The highest BCUT2D eigenvalue weighted by atomic mass is 19.1. The van der Waals surface area contributed by atoms with Crippen molar-refractivity contribution >= 4 is 5.78 Å². The Morgan fingerprint density at radius 3 is 2.81 bits per heavy atom. The molecule has 2 aromatic carbocycles. The van der Waals surface area contributed by atoms with Gasteiger partial charge in [-0.2, -0.15) is 0 Å². The van der Waals surface area contributed by atoms with E-state index in [1.807, 2.05) is 43.3 Å². The minimum Gasteiger partial charge on any atom is -0.496 e. The number of hydrogen-bond acceptors (Lipinski definition) is 4. The number of fused-ring (bicyclic) bond motifs is 1. The summed E-state index contributed by atoms with van der Waals surface area (Å²) in [6.07, 6.45) is 4.83. The van der Waals surface area contributed by atoms with Gasteiger partial charge in [-0.05, 0) is 42.4 Å². The summed E-state index contributed by atoms with van der Waals surface area (Å²) >= 11 is 0. The third-order valence-electron chi connectivity index (χ3n) is 6.40. The first-order chi connectivity index (χ1) is 15.0. The van der Waals surface area contributed by atoms with E-state index in [0.29, 0.717) is 36.3 Å². The van der Waals surface area contributed by atoms with Crippen LogP contribution in [0.5, 0.6) is 5.75 Å². The maximum atomic E-state index is 15.0. The highest BCUT2D eigenvalue weighted by Crippen LogP contribution is 2.46. The minimum absolute atomic E-state index is 0.0326. The molecule has 0 aromatic heterocycles. The van der Waals surface area contributed by atoms with Crippen LogP contribution in [0.3, 0.4) is 0 Å². The summed E-state index contributed by atoms with van der Waals surface area (Å²) in [6.45, 7) is 5.89. The van der Waals surface area contributed by atoms with Crippen LogP contribution in [0.1, 0.15) is 25.3 Å². The lowest BCUT2D eigenvalue weighted by molar-refractivity contribution is -0.123. The summed E-state index contributed by atoms with van der Waals surface area (Å²) in [4.78, 5) is 12.4. The lowest BCUT2D eigenvalue weighted by Gasteiger charge is -2.38. The Labute approximate surface area is 182 Å². The van der Waals surface area contributed by atoms with Gasteiger partial charge in [-0.1, -0.05) is 43.3 Å². The molecule has 1 fully saturated rings. The first kappa shape index (κ1) is 21.3. The van der Waals surface area contributed by atoms with E-state index < -0.39 is 5.60 Å². The monoisotopic (exact) mass is 422 g/mol. The highest BCUT2D eigenvalue weighted by Gasteiger charge is 2.51. The fourth-order valence-electron chi connectivity index (χ4n) is 4.68. The van der Waals surface area contributed by atoms with E-state index >= 15 is 4.39 Å². The normalized spacial score (nSPS) is 23.5. The van der Waals surface area contributed by atoms with Gasteiger partial charge in [0.25, 0.3) is 0 Å². The molecule has 1 aliphatic heterocycles. The Balaban J connectivity index is 1.68. The Hall–Kier alpha value is -2.92. The third-order valence-corrected chi connectivity index (χ3v) is 6.40. The lowest BCUT2D eigenvalue weighted by Crippen LogP contribution is -2.45. The molecule has 0 bridgehead atoms. The van der Waals surface area contributed by atoms with Gasteiger partial charge < -0.3 is 14.2 Å². The molecule has 0 amide bonds. The third kappa shape index (κ3) is 3.90. The standard InChI is InChI=1S/C26H27FO4/c1-4-8-19-15-26(25(14-23(19)28)30-16-31-26)17(2)11-20-12-21(18-9-6-5-7-10-18)24(29-3)13-22(20)27/h4-7,9-10,12-14,17,19H,1,8,11,15-16H2,2-3H3/t17-,19-,26+/m0/s1. The number of benzene rings is 2. The topological polar surface area (TPSA) is 44.8 Å². The zero-order chi connectivity index (χ0) is 22.0. The van der Waals surface area contributed by atoms with Crippen LogP contribution in [0.4, 0.5) is 4.39 Å². The van der Waals surface area contributed by atoms with Crippen LogP contribution in [0.25, 0.3) is 11.1 Å². The van der Waals surface area contributed by atoms with E-state index in [1.54, 1.807) is 19.3 Å². The van der Waals surface area contributed by atoms with Gasteiger partial charge in [-0.25, -0.2) is 4.39 Å².